The van der Waals surface area contributed by atoms with E-state index in [9.17, 15) is 0 Å². The van der Waals surface area contributed by atoms with Gasteiger partial charge in [-0.15, -0.1) is 0 Å². The van der Waals surface area contributed by atoms with Gasteiger partial charge in [0.05, 0.1) is 13.2 Å². The van der Waals surface area contributed by atoms with Crippen molar-refractivity contribution < 1.29 is 9.47 Å². The zero-order valence-corrected chi connectivity index (χ0v) is 8.82. The van der Waals surface area contributed by atoms with Crippen molar-refractivity contribution in [1.82, 2.24) is 0 Å². The summed E-state index contributed by atoms with van der Waals surface area (Å²) in [5, 5.41) is 0. The van der Waals surface area contributed by atoms with Crippen molar-refractivity contribution in [3.63, 3.8) is 0 Å². The molecule has 1 aromatic rings. The highest BCUT2D eigenvalue weighted by molar-refractivity contribution is 5.16. The maximum absolute atomic E-state index is 5.80. The van der Waals surface area contributed by atoms with Gasteiger partial charge in [0.2, 0.25) is 0 Å². The Hall–Kier alpha value is -0.860. The zero-order chi connectivity index (χ0) is 10.1. The van der Waals surface area contributed by atoms with Crippen molar-refractivity contribution in [2.75, 3.05) is 13.2 Å². The van der Waals surface area contributed by atoms with Crippen LogP contribution < -0.4 is 0 Å². The molecule has 1 saturated heterocycles. The highest BCUT2D eigenvalue weighted by atomic mass is 16.7. The van der Waals surface area contributed by atoms with Crippen LogP contribution in [0.3, 0.4) is 0 Å². The Labute approximate surface area is 90.2 Å². The van der Waals surface area contributed by atoms with Crippen LogP contribution in [0.5, 0.6) is 0 Å². The normalized spacial score (nSPS) is 25.1. The Morgan fingerprint density at radius 2 is 1.67 bits per heavy atom. The lowest BCUT2D eigenvalue weighted by Gasteiger charge is -2.46. The number of rotatable bonds is 1. The largest absolute Gasteiger partial charge is 0.348 e. The molecule has 0 amide bonds. The monoisotopic (exact) mass is 204 g/mol. The van der Waals surface area contributed by atoms with E-state index in [1.54, 1.807) is 0 Å². The van der Waals surface area contributed by atoms with Crippen LogP contribution in [0, 0.1) is 5.41 Å². The van der Waals surface area contributed by atoms with Gasteiger partial charge in [0.15, 0.2) is 6.29 Å². The van der Waals surface area contributed by atoms with E-state index in [2.05, 4.69) is 12.1 Å². The molecular weight excluding hydrogens is 188 g/mol. The van der Waals surface area contributed by atoms with Crippen LogP contribution in [0.15, 0.2) is 30.3 Å². The molecule has 15 heavy (non-hydrogen) atoms. The summed E-state index contributed by atoms with van der Waals surface area (Å²) in [6, 6.07) is 10.2. The number of hydrogen-bond donors (Lipinski definition) is 0. The summed E-state index contributed by atoms with van der Waals surface area (Å²) in [5.74, 6) is 0. The maximum atomic E-state index is 5.80. The van der Waals surface area contributed by atoms with Crippen molar-refractivity contribution in [3.8, 4) is 0 Å². The molecule has 0 aromatic heterocycles. The summed E-state index contributed by atoms with van der Waals surface area (Å²) >= 11 is 0. The molecule has 1 aliphatic heterocycles. The van der Waals surface area contributed by atoms with Crippen LogP contribution in [-0.2, 0) is 9.47 Å². The van der Waals surface area contributed by atoms with Crippen molar-refractivity contribution in [2.45, 2.75) is 25.6 Å². The first-order chi connectivity index (χ1) is 7.38. The molecule has 80 valence electrons. The molecule has 0 atom stereocenters. The SMILES string of the molecule is c1ccc(C2OCC3(CCC3)CO2)cc1. The first kappa shape index (κ1) is 9.37. The molecule has 2 nitrogen and oxygen atoms in total. The second-order valence-corrected chi connectivity index (χ2v) is 4.72. The number of hydrogen-bond acceptors (Lipinski definition) is 2. The minimum absolute atomic E-state index is 0.141. The molecule has 0 bridgehead atoms. The highest BCUT2D eigenvalue weighted by Crippen LogP contribution is 2.45. The van der Waals surface area contributed by atoms with Gasteiger partial charge in [-0.25, -0.2) is 0 Å². The van der Waals surface area contributed by atoms with E-state index in [1.165, 1.54) is 19.3 Å². The summed E-state index contributed by atoms with van der Waals surface area (Å²) in [4.78, 5) is 0. The molecule has 1 spiro atoms. The van der Waals surface area contributed by atoms with E-state index < -0.39 is 0 Å². The lowest BCUT2D eigenvalue weighted by molar-refractivity contribution is -0.250. The Kier molecular flexibility index (Phi) is 2.26. The molecule has 0 radical (unpaired) electrons. The third-order valence-corrected chi connectivity index (χ3v) is 3.57. The fraction of sp³-hybridized carbons (Fsp3) is 0.538. The number of benzene rings is 1. The Balaban J connectivity index is 1.67. The topological polar surface area (TPSA) is 18.5 Å². The van der Waals surface area contributed by atoms with Gasteiger partial charge >= 0.3 is 0 Å². The van der Waals surface area contributed by atoms with E-state index in [-0.39, 0.29) is 6.29 Å². The van der Waals surface area contributed by atoms with Crippen LogP contribution in [0.1, 0.15) is 31.1 Å². The molecule has 0 N–H and O–H groups in total. The standard InChI is InChI=1S/C13H16O2/c1-2-5-11(6-3-1)12-14-9-13(10-15-12)7-4-8-13/h1-3,5-6,12H,4,7-10H2. The van der Waals surface area contributed by atoms with Gasteiger partial charge in [0, 0.05) is 11.0 Å². The molecule has 1 saturated carbocycles. The Morgan fingerprint density at radius 3 is 2.20 bits per heavy atom. The molecule has 1 aromatic carbocycles. The third kappa shape index (κ3) is 1.68. The van der Waals surface area contributed by atoms with Gasteiger partial charge in [0.1, 0.15) is 0 Å². The van der Waals surface area contributed by atoms with Crippen LogP contribution in [0.2, 0.25) is 0 Å². The third-order valence-electron chi connectivity index (χ3n) is 3.57. The predicted molar refractivity (Wildman–Crippen MR) is 57.4 cm³/mol. The average molecular weight is 204 g/mol. The van der Waals surface area contributed by atoms with Crippen molar-refractivity contribution in [1.29, 1.82) is 0 Å². The second-order valence-electron chi connectivity index (χ2n) is 4.72. The van der Waals surface area contributed by atoms with Crippen LogP contribution in [0.4, 0.5) is 0 Å². The Bertz CT molecular complexity index is 320. The molecule has 3 rings (SSSR count). The first-order valence-electron chi connectivity index (χ1n) is 5.66. The molecule has 0 unspecified atom stereocenters. The van der Waals surface area contributed by atoms with E-state index in [4.69, 9.17) is 9.47 Å². The second kappa shape index (κ2) is 3.62. The van der Waals surface area contributed by atoms with Crippen molar-refractivity contribution >= 4 is 0 Å². The predicted octanol–water partition coefficient (Wildman–Crippen LogP) is 2.90. The summed E-state index contributed by atoms with van der Waals surface area (Å²) < 4.78 is 11.6. The summed E-state index contributed by atoms with van der Waals surface area (Å²) in [6.07, 6.45) is 3.74. The minimum Gasteiger partial charge on any atom is -0.348 e. The number of ether oxygens (including phenoxy) is 2. The summed E-state index contributed by atoms with van der Waals surface area (Å²) in [6.45, 7) is 1.74. The smallest absolute Gasteiger partial charge is 0.183 e. The van der Waals surface area contributed by atoms with Gasteiger partial charge in [-0.2, -0.15) is 0 Å². The molecule has 2 fully saturated rings. The fourth-order valence-corrected chi connectivity index (χ4v) is 2.36. The summed E-state index contributed by atoms with van der Waals surface area (Å²) in [5.41, 5.74) is 1.50. The average Bonchev–Trinajstić information content (AvgIpc) is 2.28. The molecule has 2 heteroatoms. The van der Waals surface area contributed by atoms with Crippen molar-refractivity contribution in [3.05, 3.63) is 35.9 Å². The fourth-order valence-electron chi connectivity index (χ4n) is 2.36. The molecule has 1 aliphatic carbocycles. The van der Waals surface area contributed by atoms with E-state index in [0.717, 1.165) is 18.8 Å². The van der Waals surface area contributed by atoms with Gasteiger partial charge in [0.25, 0.3) is 0 Å². The minimum atomic E-state index is -0.141. The van der Waals surface area contributed by atoms with E-state index in [1.807, 2.05) is 18.2 Å². The zero-order valence-electron chi connectivity index (χ0n) is 8.82. The molecule has 1 heterocycles. The van der Waals surface area contributed by atoms with Gasteiger partial charge in [-0.3, -0.25) is 0 Å². The highest BCUT2D eigenvalue weighted by Gasteiger charge is 2.42. The lowest BCUT2D eigenvalue weighted by atomic mass is 9.70. The lowest BCUT2D eigenvalue weighted by Crippen LogP contribution is -2.43. The van der Waals surface area contributed by atoms with Crippen molar-refractivity contribution in [2.24, 2.45) is 5.41 Å². The van der Waals surface area contributed by atoms with E-state index >= 15 is 0 Å². The maximum Gasteiger partial charge on any atom is 0.183 e. The quantitative estimate of drug-likeness (QED) is 0.700. The Morgan fingerprint density at radius 1 is 1.00 bits per heavy atom. The van der Waals surface area contributed by atoms with Crippen LogP contribution >= 0.6 is 0 Å². The van der Waals surface area contributed by atoms with Crippen LogP contribution in [0.25, 0.3) is 0 Å². The molecular formula is C13H16O2. The van der Waals surface area contributed by atoms with Gasteiger partial charge in [-0.1, -0.05) is 36.8 Å². The molecule has 2 aliphatic rings. The van der Waals surface area contributed by atoms with Gasteiger partial charge < -0.3 is 9.47 Å². The summed E-state index contributed by atoms with van der Waals surface area (Å²) in [7, 11) is 0. The van der Waals surface area contributed by atoms with Crippen LogP contribution in [-0.4, -0.2) is 13.2 Å². The van der Waals surface area contributed by atoms with E-state index in [0.29, 0.717) is 5.41 Å². The first-order valence-corrected chi connectivity index (χ1v) is 5.66. The van der Waals surface area contributed by atoms with Gasteiger partial charge in [-0.05, 0) is 12.8 Å².